The van der Waals surface area contributed by atoms with E-state index in [-0.39, 0.29) is 11.6 Å². The van der Waals surface area contributed by atoms with Gasteiger partial charge in [-0.1, -0.05) is 0 Å². The molecule has 1 saturated heterocycles. The lowest BCUT2D eigenvalue weighted by molar-refractivity contribution is -0.179. The average Bonchev–Trinajstić information content (AvgIpc) is 2.01. The molecule has 4 nitrogen and oxygen atoms in total. The molecule has 0 aromatic rings. The fourth-order valence-corrected chi connectivity index (χ4v) is 1.04. The van der Waals surface area contributed by atoms with Gasteiger partial charge in [0.25, 0.3) is 0 Å². The first-order chi connectivity index (χ1) is 5.49. The summed E-state index contributed by atoms with van der Waals surface area (Å²) in [5.74, 6) is 0. The molecule has 0 bridgehead atoms. The van der Waals surface area contributed by atoms with Gasteiger partial charge in [-0.3, -0.25) is 4.84 Å². The Labute approximate surface area is 73.0 Å². The van der Waals surface area contributed by atoms with Gasteiger partial charge in [0.1, 0.15) is 0 Å². The Morgan fingerprint density at radius 2 is 2.17 bits per heavy atom. The van der Waals surface area contributed by atoms with E-state index in [4.69, 9.17) is 4.84 Å². The number of rotatable bonds is 1. The second kappa shape index (κ2) is 2.94. The third-order valence-corrected chi connectivity index (χ3v) is 2.27. The van der Waals surface area contributed by atoms with Crippen LogP contribution in [-0.4, -0.2) is 41.7 Å². The van der Waals surface area contributed by atoms with Crippen molar-refractivity contribution in [3.63, 3.8) is 0 Å². The van der Waals surface area contributed by atoms with Crippen molar-refractivity contribution in [2.75, 3.05) is 20.2 Å². The Hall–Kier alpha value is -0.770. The van der Waals surface area contributed by atoms with Crippen LogP contribution in [0.4, 0.5) is 4.79 Å². The molecule has 4 heteroatoms. The molecule has 1 rings (SSSR count). The van der Waals surface area contributed by atoms with E-state index in [1.807, 2.05) is 20.8 Å². The highest BCUT2D eigenvalue weighted by Crippen LogP contribution is 2.20. The molecule has 0 saturated carbocycles. The number of hydrogen-bond donors (Lipinski definition) is 0. The van der Waals surface area contributed by atoms with Crippen molar-refractivity contribution in [2.24, 2.45) is 0 Å². The summed E-state index contributed by atoms with van der Waals surface area (Å²) < 4.78 is 0. The minimum absolute atomic E-state index is 0.0613. The lowest BCUT2D eigenvalue weighted by Gasteiger charge is -2.43. The Morgan fingerprint density at radius 3 is 2.67 bits per heavy atom. The molecule has 0 N–H and O–H groups in total. The first-order valence-corrected chi connectivity index (χ1v) is 4.17. The monoisotopic (exact) mass is 172 g/mol. The highest BCUT2D eigenvalue weighted by molar-refractivity contribution is 5.74. The molecule has 70 valence electrons. The zero-order valence-corrected chi connectivity index (χ0v) is 8.13. The van der Waals surface area contributed by atoms with Crippen molar-refractivity contribution in [3.8, 4) is 0 Å². The number of amides is 2. The molecule has 1 aliphatic heterocycles. The molecule has 0 aromatic heterocycles. The first-order valence-electron chi connectivity index (χ1n) is 4.17. The molecular weight excluding hydrogens is 156 g/mol. The van der Waals surface area contributed by atoms with Gasteiger partial charge in [0.2, 0.25) is 0 Å². The number of hydroxylamine groups is 2. The van der Waals surface area contributed by atoms with Crippen molar-refractivity contribution < 1.29 is 9.63 Å². The summed E-state index contributed by atoms with van der Waals surface area (Å²) in [6.45, 7) is 7.02. The maximum Gasteiger partial charge on any atom is 0.344 e. The van der Waals surface area contributed by atoms with Gasteiger partial charge in [-0.25, -0.2) is 9.86 Å². The molecule has 1 heterocycles. The number of likely N-dealkylation sites (N-methyl/N-ethyl adjacent to an activating group) is 1. The summed E-state index contributed by atoms with van der Waals surface area (Å²) >= 11 is 0. The molecule has 2 amide bonds. The summed E-state index contributed by atoms with van der Waals surface area (Å²) in [6.07, 6.45) is 0. The molecule has 0 spiro atoms. The Bertz CT molecular complexity index is 191. The van der Waals surface area contributed by atoms with E-state index in [1.54, 1.807) is 11.9 Å². The molecular formula is C8H16N2O2. The van der Waals surface area contributed by atoms with Gasteiger partial charge in [0.15, 0.2) is 0 Å². The van der Waals surface area contributed by atoms with Crippen molar-refractivity contribution in [3.05, 3.63) is 0 Å². The van der Waals surface area contributed by atoms with Crippen LogP contribution in [-0.2, 0) is 4.84 Å². The van der Waals surface area contributed by atoms with Gasteiger partial charge < -0.3 is 4.90 Å². The standard InChI is InChI=1S/C8H16N2O2/c1-5-10-7(11)9(4)8(2,3)6-12-10/h5-6H2,1-4H3. The Kier molecular flexibility index (Phi) is 2.28. The summed E-state index contributed by atoms with van der Waals surface area (Å²) in [5, 5.41) is 1.38. The smallest absolute Gasteiger partial charge is 0.318 e. The molecule has 0 aromatic carbocycles. The lowest BCUT2D eigenvalue weighted by Crippen LogP contribution is -2.59. The summed E-state index contributed by atoms with van der Waals surface area (Å²) in [6, 6.07) is -0.0613. The first kappa shape index (κ1) is 9.32. The summed E-state index contributed by atoms with van der Waals surface area (Å²) in [4.78, 5) is 18.5. The van der Waals surface area contributed by atoms with E-state index in [0.29, 0.717) is 13.2 Å². The third kappa shape index (κ3) is 1.39. The molecule has 0 unspecified atom stereocenters. The topological polar surface area (TPSA) is 32.8 Å². The van der Waals surface area contributed by atoms with Gasteiger partial charge in [-0.15, -0.1) is 0 Å². The van der Waals surface area contributed by atoms with Crippen molar-refractivity contribution in [2.45, 2.75) is 26.3 Å². The quantitative estimate of drug-likeness (QED) is 0.593. The van der Waals surface area contributed by atoms with Crippen LogP contribution in [0.2, 0.25) is 0 Å². The maximum atomic E-state index is 11.5. The minimum atomic E-state index is -0.192. The number of hydrogen-bond acceptors (Lipinski definition) is 2. The Morgan fingerprint density at radius 1 is 1.58 bits per heavy atom. The van der Waals surface area contributed by atoms with E-state index in [9.17, 15) is 4.79 Å². The fourth-order valence-electron chi connectivity index (χ4n) is 1.04. The highest BCUT2D eigenvalue weighted by atomic mass is 16.7. The molecule has 12 heavy (non-hydrogen) atoms. The van der Waals surface area contributed by atoms with Crippen LogP contribution in [0.5, 0.6) is 0 Å². The van der Waals surface area contributed by atoms with E-state index in [1.165, 1.54) is 5.06 Å². The van der Waals surface area contributed by atoms with Crippen LogP contribution in [0.1, 0.15) is 20.8 Å². The summed E-state index contributed by atoms with van der Waals surface area (Å²) in [5.41, 5.74) is -0.192. The highest BCUT2D eigenvalue weighted by Gasteiger charge is 2.36. The van der Waals surface area contributed by atoms with Gasteiger partial charge in [-0.05, 0) is 20.8 Å². The van der Waals surface area contributed by atoms with Crippen LogP contribution in [0.3, 0.4) is 0 Å². The van der Waals surface area contributed by atoms with Gasteiger partial charge in [-0.2, -0.15) is 0 Å². The van der Waals surface area contributed by atoms with E-state index in [0.717, 1.165) is 0 Å². The number of nitrogens with zero attached hydrogens (tertiary/aromatic N) is 2. The predicted molar refractivity (Wildman–Crippen MR) is 45.6 cm³/mol. The molecule has 1 aliphatic rings. The second-order valence-corrected chi connectivity index (χ2v) is 3.62. The average molecular weight is 172 g/mol. The van der Waals surface area contributed by atoms with E-state index in [2.05, 4.69) is 0 Å². The van der Waals surface area contributed by atoms with Crippen molar-refractivity contribution >= 4 is 6.03 Å². The van der Waals surface area contributed by atoms with Crippen LogP contribution in [0.25, 0.3) is 0 Å². The zero-order valence-electron chi connectivity index (χ0n) is 8.13. The van der Waals surface area contributed by atoms with Crippen LogP contribution in [0.15, 0.2) is 0 Å². The fraction of sp³-hybridized carbons (Fsp3) is 0.875. The number of urea groups is 1. The van der Waals surface area contributed by atoms with Crippen LogP contribution >= 0.6 is 0 Å². The minimum Gasteiger partial charge on any atom is -0.318 e. The van der Waals surface area contributed by atoms with Gasteiger partial charge in [0.05, 0.1) is 12.1 Å². The van der Waals surface area contributed by atoms with Gasteiger partial charge >= 0.3 is 6.03 Å². The number of carbonyl (C=O) groups is 1. The molecule has 0 atom stereocenters. The van der Waals surface area contributed by atoms with Gasteiger partial charge in [0, 0.05) is 13.6 Å². The number of carbonyl (C=O) groups excluding carboxylic acids is 1. The zero-order chi connectivity index (χ0) is 9.35. The van der Waals surface area contributed by atoms with Crippen LogP contribution < -0.4 is 0 Å². The largest absolute Gasteiger partial charge is 0.344 e. The molecule has 1 fully saturated rings. The third-order valence-electron chi connectivity index (χ3n) is 2.27. The van der Waals surface area contributed by atoms with E-state index < -0.39 is 0 Å². The van der Waals surface area contributed by atoms with E-state index >= 15 is 0 Å². The normalized spacial score (nSPS) is 23.2. The molecule has 0 aliphatic carbocycles. The van der Waals surface area contributed by atoms with Crippen molar-refractivity contribution in [1.29, 1.82) is 0 Å². The Balaban J connectivity index is 2.73. The molecule has 0 radical (unpaired) electrons. The van der Waals surface area contributed by atoms with Crippen molar-refractivity contribution in [1.82, 2.24) is 9.96 Å². The summed E-state index contributed by atoms with van der Waals surface area (Å²) in [7, 11) is 1.80. The second-order valence-electron chi connectivity index (χ2n) is 3.62. The predicted octanol–water partition coefficient (Wildman–Crippen LogP) is 1.08. The van der Waals surface area contributed by atoms with Crippen LogP contribution in [0, 0.1) is 0 Å². The lowest BCUT2D eigenvalue weighted by atomic mass is 10.1. The maximum absolute atomic E-state index is 11.5. The SMILES string of the molecule is CCN1OCC(C)(C)N(C)C1=O.